The van der Waals surface area contributed by atoms with E-state index in [1.165, 1.54) is 0 Å². The number of nitrogen functional groups attached to an aromatic ring is 2. The zero-order valence-electron chi connectivity index (χ0n) is 24.6. The van der Waals surface area contributed by atoms with E-state index in [2.05, 4.69) is 74.5 Å². The molecule has 0 fully saturated rings. The van der Waals surface area contributed by atoms with Crippen molar-refractivity contribution in [2.24, 2.45) is 0 Å². The molecule has 0 amide bonds. The van der Waals surface area contributed by atoms with Gasteiger partial charge in [-0.25, -0.2) is 0 Å². The number of unbranched alkanes of at least 4 members (excludes halogenated alkanes) is 2. The Morgan fingerprint density at radius 1 is 0.476 bits per heavy atom. The Balaban J connectivity index is 1.63. The molecular weight excluding hydrogens is 516 g/mol. The van der Waals surface area contributed by atoms with Crippen LogP contribution in [0.2, 0.25) is 0 Å². The van der Waals surface area contributed by atoms with Crippen LogP contribution in [0.1, 0.15) is 61.8 Å². The third-order valence-electron chi connectivity index (χ3n) is 7.36. The minimum atomic E-state index is 0.668. The molecule has 42 heavy (non-hydrogen) atoms. The maximum absolute atomic E-state index is 6.54. The van der Waals surface area contributed by atoms with Crippen LogP contribution in [-0.2, 0) is 0 Å². The smallest absolute Gasteiger partial charge is 0.135 e. The number of benzene rings is 5. The second-order valence-electron chi connectivity index (χ2n) is 10.7. The Labute approximate surface area is 249 Å². The lowest BCUT2D eigenvalue weighted by atomic mass is 9.96. The number of fused-ring (bicyclic) bond motifs is 2. The predicted octanol–water partition coefficient (Wildman–Crippen LogP) is 9.86. The van der Waals surface area contributed by atoms with E-state index in [9.17, 15) is 0 Å². The van der Waals surface area contributed by atoms with Crippen LogP contribution in [0.4, 0.5) is 11.4 Å². The van der Waals surface area contributed by atoms with E-state index in [0.717, 1.165) is 92.4 Å². The van der Waals surface area contributed by atoms with E-state index in [-0.39, 0.29) is 0 Å². The van der Waals surface area contributed by atoms with Crippen molar-refractivity contribution in [1.29, 1.82) is 0 Å². The fourth-order valence-electron chi connectivity index (χ4n) is 4.94. The third-order valence-corrected chi connectivity index (χ3v) is 7.36. The second kappa shape index (κ2) is 13.8. The summed E-state index contributed by atoms with van der Waals surface area (Å²) in [4.78, 5) is 0. The summed E-state index contributed by atoms with van der Waals surface area (Å²) in [7, 11) is 0. The van der Waals surface area contributed by atoms with Gasteiger partial charge in [0, 0.05) is 32.9 Å². The summed E-state index contributed by atoms with van der Waals surface area (Å²) in [6.45, 7) is 5.70. The monoisotopic (exact) mass is 556 g/mol. The zero-order valence-corrected chi connectivity index (χ0v) is 24.6. The molecule has 4 N–H and O–H groups in total. The molecule has 4 nitrogen and oxygen atoms in total. The molecule has 0 saturated carbocycles. The van der Waals surface area contributed by atoms with Crippen LogP contribution in [0.15, 0.2) is 84.9 Å². The Bertz CT molecular complexity index is 1570. The molecule has 5 rings (SSSR count). The lowest BCUT2D eigenvalue weighted by Gasteiger charge is -2.19. The maximum Gasteiger partial charge on any atom is 0.135 e. The van der Waals surface area contributed by atoms with Gasteiger partial charge < -0.3 is 20.9 Å². The van der Waals surface area contributed by atoms with Crippen LogP contribution >= 0.6 is 0 Å². The topological polar surface area (TPSA) is 70.5 Å². The molecule has 0 unspecified atom stereocenters. The Morgan fingerprint density at radius 2 is 0.833 bits per heavy atom. The quantitative estimate of drug-likeness (QED) is 0.0694. The van der Waals surface area contributed by atoms with Gasteiger partial charge in [-0.1, -0.05) is 87.4 Å². The molecule has 0 aliphatic rings. The number of anilines is 2. The normalized spacial score (nSPS) is 11.7. The number of hydrogen-bond acceptors (Lipinski definition) is 4. The van der Waals surface area contributed by atoms with Gasteiger partial charge in [0.1, 0.15) is 11.5 Å². The van der Waals surface area contributed by atoms with Crippen molar-refractivity contribution < 1.29 is 9.47 Å². The molecular formula is C38H40N2O2. The van der Waals surface area contributed by atoms with Gasteiger partial charge >= 0.3 is 0 Å². The molecule has 0 bridgehead atoms. The maximum atomic E-state index is 6.54. The number of hydrogen-bond donors (Lipinski definition) is 2. The molecule has 214 valence electrons. The molecule has 0 aliphatic carbocycles. The molecule has 5 aromatic rings. The first-order valence-corrected chi connectivity index (χ1v) is 14.9. The summed E-state index contributed by atoms with van der Waals surface area (Å²) in [5.41, 5.74) is 17.7. The average Bonchev–Trinajstić information content (AvgIpc) is 3.01. The predicted molar refractivity (Wildman–Crippen MR) is 182 cm³/mol. The highest BCUT2D eigenvalue weighted by Gasteiger charge is 2.17. The second-order valence-corrected chi connectivity index (χ2v) is 10.7. The highest BCUT2D eigenvalue weighted by atomic mass is 16.5. The first-order valence-electron chi connectivity index (χ1n) is 14.9. The SMILES string of the molecule is CCCCOc1c2ccc(C=Cc3ccc(N)cc3)cc2c(OCCCC)c2ccc(C=Cc3ccc(N)cc3)cc12. The van der Waals surface area contributed by atoms with Crippen molar-refractivity contribution >= 4 is 57.2 Å². The van der Waals surface area contributed by atoms with E-state index >= 15 is 0 Å². The van der Waals surface area contributed by atoms with Crippen molar-refractivity contribution in [2.45, 2.75) is 39.5 Å². The van der Waals surface area contributed by atoms with Crippen LogP contribution < -0.4 is 20.9 Å². The van der Waals surface area contributed by atoms with Gasteiger partial charge in [0.25, 0.3) is 0 Å². The van der Waals surface area contributed by atoms with Crippen molar-refractivity contribution in [3.05, 3.63) is 107 Å². The summed E-state index contributed by atoms with van der Waals surface area (Å²) < 4.78 is 13.1. The molecule has 5 aromatic carbocycles. The highest BCUT2D eigenvalue weighted by molar-refractivity contribution is 6.12. The van der Waals surface area contributed by atoms with Gasteiger partial charge in [-0.05, 0) is 83.6 Å². The van der Waals surface area contributed by atoms with Crippen molar-refractivity contribution in [1.82, 2.24) is 0 Å². The summed E-state index contributed by atoms with van der Waals surface area (Å²) >= 11 is 0. The lowest BCUT2D eigenvalue weighted by molar-refractivity contribution is 0.311. The summed E-state index contributed by atoms with van der Waals surface area (Å²) in [6.07, 6.45) is 12.6. The lowest BCUT2D eigenvalue weighted by Crippen LogP contribution is -2.02. The third kappa shape index (κ3) is 6.95. The van der Waals surface area contributed by atoms with Crippen LogP contribution in [0, 0.1) is 0 Å². The molecule has 0 aromatic heterocycles. The first-order chi connectivity index (χ1) is 20.6. The van der Waals surface area contributed by atoms with E-state index in [4.69, 9.17) is 20.9 Å². The largest absolute Gasteiger partial charge is 0.492 e. The van der Waals surface area contributed by atoms with Crippen LogP contribution in [-0.4, -0.2) is 13.2 Å². The Kier molecular flexibility index (Phi) is 9.45. The van der Waals surface area contributed by atoms with Gasteiger partial charge in [-0.3, -0.25) is 0 Å². The molecule has 0 atom stereocenters. The van der Waals surface area contributed by atoms with Gasteiger partial charge in [-0.15, -0.1) is 0 Å². The van der Waals surface area contributed by atoms with Gasteiger partial charge in [0.05, 0.1) is 13.2 Å². The van der Waals surface area contributed by atoms with Crippen LogP contribution in [0.5, 0.6) is 11.5 Å². The van der Waals surface area contributed by atoms with Gasteiger partial charge in [0.2, 0.25) is 0 Å². The molecule has 4 heteroatoms. The van der Waals surface area contributed by atoms with E-state index in [0.29, 0.717) is 13.2 Å². The Morgan fingerprint density at radius 3 is 1.21 bits per heavy atom. The van der Waals surface area contributed by atoms with Crippen molar-refractivity contribution in [3.8, 4) is 11.5 Å². The average molecular weight is 557 g/mol. The summed E-state index contributed by atoms with van der Waals surface area (Å²) in [5.74, 6) is 1.82. The summed E-state index contributed by atoms with van der Waals surface area (Å²) in [5, 5.41) is 4.26. The fraction of sp³-hybridized carbons (Fsp3) is 0.211. The molecule has 0 saturated heterocycles. The molecule has 0 spiro atoms. The minimum absolute atomic E-state index is 0.668. The van der Waals surface area contributed by atoms with Gasteiger partial charge in [-0.2, -0.15) is 0 Å². The van der Waals surface area contributed by atoms with E-state index in [1.54, 1.807) is 0 Å². The molecule has 0 radical (unpaired) electrons. The van der Waals surface area contributed by atoms with Crippen molar-refractivity contribution in [2.75, 3.05) is 24.7 Å². The standard InChI is InChI=1S/C38H40N2O2/c1-3-5-23-41-37-33-21-15-30(10-8-28-13-19-32(40)20-14-28)26-36(33)38(42-24-6-4-2)34-22-16-29(25-35(34)37)9-7-27-11-17-31(39)18-12-27/h7-22,25-26H,3-6,23-24,39-40H2,1-2H3. The highest BCUT2D eigenvalue weighted by Crippen LogP contribution is 2.44. The van der Waals surface area contributed by atoms with Gasteiger partial charge in [0.15, 0.2) is 0 Å². The number of ether oxygens (including phenoxy) is 2. The first kappa shape index (κ1) is 28.8. The zero-order chi connectivity index (χ0) is 29.3. The summed E-state index contributed by atoms with van der Waals surface area (Å²) in [6, 6.07) is 28.9. The minimum Gasteiger partial charge on any atom is -0.492 e. The Hall–Kier alpha value is -4.70. The van der Waals surface area contributed by atoms with Crippen molar-refractivity contribution in [3.63, 3.8) is 0 Å². The van der Waals surface area contributed by atoms with E-state index in [1.807, 2.05) is 48.5 Å². The molecule has 0 aliphatic heterocycles. The van der Waals surface area contributed by atoms with Crippen LogP contribution in [0.3, 0.4) is 0 Å². The number of nitrogens with two attached hydrogens (primary N) is 2. The van der Waals surface area contributed by atoms with Crippen LogP contribution in [0.25, 0.3) is 45.8 Å². The molecule has 0 heterocycles. The van der Waals surface area contributed by atoms with E-state index < -0.39 is 0 Å². The number of rotatable bonds is 12. The fourth-order valence-corrected chi connectivity index (χ4v) is 4.94.